The van der Waals surface area contributed by atoms with Gasteiger partial charge in [0.05, 0.1) is 12.5 Å². The molecule has 0 fully saturated rings. The molecule has 172 valence electrons. The third-order valence-electron chi connectivity index (χ3n) is 4.65. The first-order valence-corrected chi connectivity index (χ1v) is 9.75. The van der Waals surface area contributed by atoms with E-state index in [0.29, 0.717) is 10.1 Å². The van der Waals surface area contributed by atoms with Gasteiger partial charge in [-0.15, -0.1) is 0 Å². The van der Waals surface area contributed by atoms with Gasteiger partial charge in [-0.3, -0.25) is 9.59 Å². The molecule has 2 aromatic carbocycles. The van der Waals surface area contributed by atoms with Gasteiger partial charge >= 0.3 is 17.9 Å². The second kappa shape index (κ2) is 10.3. The van der Waals surface area contributed by atoms with E-state index in [1.807, 2.05) is 0 Å². The van der Waals surface area contributed by atoms with Crippen molar-refractivity contribution in [1.82, 2.24) is 4.57 Å². The molecule has 33 heavy (non-hydrogen) atoms. The third-order valence-corrected chi connectivity index (χ3v) is 4.65. The normalized spacial score (nSPS) is 11.5. The minimum Gasteiger partial charge on any atom is -0.459 e. The summed E-state index contributed by atoms with van der Waals surface area (Å²) in [7, 11) is 1.08. The van der Waals surface area contributed by atoms with Gasteiger partial charge in [0, 0.05) is 6.42 Å². The Morgan fingerprint density at radius 2 is 1.79 bits per heavy atom. The van der Waals surface area contributed by atoms with E-state index < -0.39 is 35.4 Å². The molecule has 0 aliphatic rings. The molecule has 11 nitrogen and oxygen atoms in total. The largest absolute Gasteiger partial charge is 0.513 e. The van der Waals surface area contributed by atoms with Crippen molar-refractivity contribution in [3.63, 3.8) is 0 Å². The summed E-state index contributed by atoms with van der Waals surface area (Å²) in [5.41, 5.74) is 4.67. The monoisotopic (exact) mass is 456 g/mol. The van der Waals surface area contributed by atoms with Crippen LogP contribution in [0.5, 0.6) is 5.75 Å². The molecule has 2 N–H and O–H groups in total. The molecule has 3 aromatic rings. The van der Waals surface area contributed by atoms with Crippen LogP contribution in [-0.4, -0.2) is 29.7 Å². The van der Waals surface area contributed by atoms with Crippen LogP contribution in [0, 0.1) is 0 Å². The van der Waals surface area contributed by atoms with Crippen LogP contribution in [0.1, 0.15) is 24.4 Å². The molecule has 0 aliphatic heterocycles. The van der Waals surface area contributed by atoms with Crippen molar-refractivity contribution >= 4 is 29.0 Å². The maximum atomic E-state index is 13.1. The van der Waals surface area contributed by atoms with Gasteiger partial charge in [0.2, 0.25) is 5.91 Å². The lowest BCUT2D eigenvalue weighted by atomic mass is 10.1. The van der Waals surface area contributed by atoms with Crippen molar-refractivity contribution in [3.05, 3.63) is 75.0 Å². The van der Waals surface area contributed by atoms with Gasteiger partial charge in [0.25, 0.3) is 5.56 Å². The van der Waals surface area contributed by atoms with Gasteiger partial charge in [0.15, 0.2) is 11.3 Å². The number of amides is 1. The fourth-order valence-electron chi connectivity index (χ4n) is 3.08. The zero-order chi connectivity index (χ0) is 24.0. The lowest BCUT2D eigenvalue weighted by Gasteiger charge is -2.17. The smallest absolute Gasteiger partial charge is 0.459 e. The van der Waals surface area contributed by atoms with Crippen molar-refractivity contribution in [1.29, 1.82) is 0 Å². The summed E-state index contributed by atoms with van der Waals surface area (Å²) in [6.45, 7) is -0.114. The molecule has 0 spiro atoms. The summed E-state index contributed by atoms with van der Waals surface area (Å²) in [5.74, 6) is -3.08. The van der Waals surface area contributed by atoms with Crippen LogP contribution in [-0.2, 0) is 25.7 Å². The minimum atomic E-state index is -1.47. The highest BCUT2D eigenvalue weighted by Gasteiger charge is 2.28. The first-order chi connectivity index (χ1) is 15.8. The predicted octanol–water partition coefficient (Wildman–Crippen LogP) is 1.65. The van der Waals surface area contributed by atoms with Crippen molar-refractivity contribution in [2.75, 3.05) is 7.11 Å². The number of aromatic nitrogens is 1. The van der Waals surface area contributed by atoms with Crippen LogP contribution < -0.4 is 21.8 Å². The molecule has 1 heterocycles. The molecule has 3 rings (SSSR count). The molecular formula is C22H20N2O9. The minimum absolute atomic E-state index is 0.114. The highest BCUT2D eigenvalue weighted by Crippen LogP contribution is 2.24. The number of carbonyl (C=O) groups excluding carboxylic acids is 3. The standard InChI is InChI=1S/C22H20N2O9/c1-30-22(29)32-16-9-5-8-14-18(16)33-21(28)24(19(14)26)15(10-11-17(23)25)20(27)31-12-13-6-3-2-4-7-13/h2-9,15H,10-12H2,1H3,(H2,23,25)/t15-/m0/s1. The van der Waals surface area contributed by atoms with Gasteiger partial charge in [-0.05, 0) is 24.1 Å². The van der Waals surface area contributed by atoms with Gasteiger partial charge in [-0.1, -0.05) is 36.4 Å². The van der Waals surface area contributed by atoms with Crippen LogP contribution in [0.3, 0.4) is 0 Å². The number of hydrogen-bond acceptors (Lipinski definition) is 9. The lowest BCUT2D eigenvalue weighted by molar-refractivity contribution is -0.149. The first kappa shape index (κ1) is 23.3. The molecule has 0 saturated heterocycles. The highest BCUT2D eigenvalue weighted by molar-refractivity contribution is 5.84. The van der Waals surface area contributed by atoms with Gasteiger partial charge < -0.3 is 24.4 Å². The lowest BCUT2D eigenvalue weighted by Crippen LogP contribution is -2.40. The maximum Gasteiger partial charge on any atom is 0.513 e. The van der Waals surface area contributed by atoms with Gasteiger partial charge in [-0.25, -0.2) is 19.0 Å². The van der Waals surface area contributed by atoms with E-state index in [0.717, 1.165) is 7.11 Å². The molecule has 0 radical (unpaired) electrons. The molecule has 0 aliphatic carbocycles. The van der Waals surface area contributed by atoms with Crippen molar-refractivity contribution in [2.24, 2.45) is 5.73 Å². The Bertz CT molecular complexity index is 1290. The third kappa shape index (κ3) is 5.45. The van der Waals surface area contributed by atoms with Crippen molar-refractivity contribution in [2.45, 2.75) is 25.5 Å². The van der Waals surface area contributed by atoms with Crippen LogP contribution >= 0.6 is 0 Å². The maximum absolute atomic E-state index is 13.1. The van der Waals surface area contributed by atoms with E-state index in [4.69, 9.17) is 19.6 Å². The number of nitrogens with two attached hydrogens (primary N) is 1. The number of fused-ring (bicyclic) bond motifs is 1. The SMILES string of the molecule is COC(=O)Oc1cccc2c(=O)n([C@@H](CCC(N)=O)C(=O)OCc3ccccc3)c(=O)oc12. The number of primary amides is 1. The molecule has 0 saturated carbocycles. The molecular weight excluding hydrogens is 436 g/mol. The number of benzene rings is 2. The summed E-state index contributed by atoms with van der Waals surface area (Å²) in [6, 6.07) is 11.3. The van der Waals surface area contributed by atoms with Gasteiger partial charge in [0.1, 0.15) is 12.6 Å². The number of rotatable bonds is 8. The molecule has 1 amide bonds. The zero-order valence-electron chi connectivity index (χ0n) is 17.5. The van der Waals surface area contributed by atoms with Crippen LogP contribution in [0.4, 0.5) is 4.79 Å². The Hall–Kier alpha value is -4.41. The molecule has 1 aromatic heterocycles. The van der Waals surface area contributed by atoms with Gasteiger partial charge in [-0.2, -0.15) is 0 Å². The number of methoxy groups -OCH3 is 1. The average molecular weight is 456 g/mol. The quantitative estimate of drug-likeness (QED) is 0.393. The second-order valence-electron chi connectivity index (χ2n) is 6.85. The summed E-state index contributed by atoms with van der Waals surface area (Å²) in [5, 5.41) is -0.143. The Morgan fingerprint density at radius 1 is 1.06 bits per heavy atom. The summed E-state index contributed by atoms with van der Waals surface area (Å²) in [6.07, 6.45) is -1.64. The fourth-order valence-corrected chi connectivity index (χ4v) is 3.08. The van der Waals surface area contributed by atoms with E-state index in [9.17, 15) is 24.0 Å². The number of carbonyl (C=O) groups is 3. The topological polar surface area (TPSA) is 157 Å². The summed E-state index contributed by atoms with van der Waals surface area (Å²) >= 11 is 0. The zero-order valence-corrected chi connectivity index (χ0v) is 17.5. The highest BCUT2D eigenvalue weighted by atomic mass is 16.7. The Kier molecular flexibility index (Phi) is 7.24. The summed E-state index contributed by atoms with van der Waals surface area (Å²) in [4.78, 5) is 61.4. The van der Waals surface area contributed by atoms with Crippen molar-refractivity contribution in [3.8, 4) is 5.75 Å². The average Bonchev–Trinajstić information content (AvgIpc) is 2.80. The van der Waals surface area contributed by atoms with Crippen LogP contribution in [0.15, 0.2) is 62.5 Å². The number of nitrogens with zero attached hydrogens (tertiary/aromatic N) is 1. The van der Waals surface area contributed by atoms with E-state index >= 15 is 0 Å². The first-order valence-electron chi connectivity index (χ1n) is 9.75. The number of esters is 1. The molecule has 0 bridgehead atoms. The fraction of sp³-hybridized carbons (Fsp3) is 0.227. The van der Waals surface area contributed by atoms with E-state index in [2.05, 4.69) is 4.74 Å². The molecule has 11 heteroatoms. The van der Waals surface area contributed by atoms with E-state index in [1.54, 1.807) is 30.3 Å². The number of para-hydroxylation sites is 1. The van der Waals surface area contributed by atoms with Crippen molar-refractivity contribution < 1.29 is 33.0 Å². The Labute approximate surface area is 186 Å². The summed E-state index contributed by atoms with van der Waals surface area (Å²) < 4.78 is 20.3. The molecule has 0 unspecified atom stereocenters. The second-order valence-corrected chi connectivity index (χ2v) is 6.85. The Balaban J connectivity index is 2.02. The predicted molar refractivity (Wildman–Crippen MR) is 113 cm³/mol. The Morgan fingerprint density at radius 3 is 2.45 bits per heavy atom. The number of hydrogen-bond donors (Lipinski definition) is 1. The van der Waals surface area contributed by atoms with E-state index in [1.165, 1.54) is 18.2 Å². The number of ether oxygens (including phenoxy) is 3. The van der Waals surface area contributed by atoms with Crippen LogP contribution in [0.2, 0.25) is 0 Å². The molecule has 1 atom stereocenters. The van der Waals surface area contributed by atoms with E-state index in [-0.39, 0.29) is 36.2 Å². The van der Waals surface area contributed by atoms with Crippen LogP contribution in [0.25, 0.3) is 11.0 Å².